The van der Waals surface area contributed by atoms with Crippen LogP contribution in [0.2, 0.25) is 0 Å². The quantitative estimate of drug-likeness (QED) is 0.731. The van der Waals surface area contributed by atoms with Gasteiger partial charge in [-0.05, 0) is 18.6 Å². The third-order valence-corrected chi connectivity index (χ3v) is 5.13. The van der Waals surface area contributed by atoms with Crippen molar-refractivity contribution in [1.82, 2.24) is 19.8 Å². The molecule has 1 N–H and O–H groups in total. The molecule has 0 aliphatic carbocycles. The van der Waals surface area contributed by atoms with Gasteiger partial charge in [-0.25, -0.2) is 0 Å². The Morgan fingerprint density at radius 1 is 1.17 bits per heavy atom. The van der Waals surface area contributed by atoms with Crippen molar-refractivity contribution in [2.45, 2.75) is 62.2 Å². The monoisotopic (exact) mass is 328 g/mol. The van der Waals surface area contributed by atoms with E-state index in [9.17, 15) is 0 Å². The summed E-state index contributed by atoms with van der Waals surface area (Å²) in [6.45, 7) is 10.9. The molecule has 2 aromatic heterocycles. The highest BCUT2D eigenvalue weighted by atomic mass is 32.2. The van der Waals surface area contributed by atoms with Gasteiger partial charge in [0, 0.05) is 16.2 Å². The Morgan fingerprint density at radius 3 is 2.48 bits per heavy atom. The molecule has 0 fully saturated rings. The molecule has 1 aromatic carbocycles. The lowest BCUT2D eigenvalue weighted by Gasteiger charge is -2.17. The van der Waals surface area contributed by atoms with Crippen molar-refractivity contribution in [3.05, 3.63) is 41.9 Å². The number of fused-ring (bicyclic) bond motifs is 1. The Morgan fingerprint density at radius 2 is 1.87 bits per heavy atom. The largest absolute Gasteiger partial charge is 0.324 e. The standard InChI is InChI=1S/C18H24N4S/c1-6-12(2)16-19-17-14(23-13-10-8-7-9-11-13)15(18(3,4)5)20-22(17)21-16/h7-12H,6H2,1-5H3,(H,19,21). The molecule has 5 heteroatoms. The second kappa shape index (κ2) is 6.04. The maximum atomic E-state index is 4.77. The Bertz CT molecular complexity index is 796. The van der Waals surface area contributed by atoms with E-state index in [1.165, 1.54) is 9.79 Å². The molecule has 1 atom stereocenters. The highest BCUT2D eigenvalue weighted by Gasteiger charge is 2.27. The predicted octanol–water partition coefficient (Wildman–Crippen LogP) is 5.02. The minimum atomic E-state index is -0.0256. The van der Waals surface area contributed by atoms with Crippen LogP contribution in [-0.4, -0.2) is 19.8 Å². The Hall–Kier alpha value is -1.75. The third kappa shape index (κ3) is 3.15. The van der Waals surface area contributed by atoms with E-state index in [0.29, 0.717) is 5.92 Å². The van der Waals surface area contributed by atoms with Crippen molar-refractivity contribution < 1.29 is 0 Å². The molecule has 0 bridgehead atoms. The lowest BCUT2D eigenvalue weighted by Crippen LogP contribution is -2.13. The fourth-order valence-electron chi connectivity index (χ4n) is 2.43. The van der Waals surface area contributed by atoms with Gasteiger partial charge in [0.1, 0.15) is 5.82 Å². The molecular formula is C18H24N4S. The molecule has 0 saturated heterocycles. The first kappa shape index (κ1) is 16.1. The molecule has 0 aliphatic rings. The summed E-state index contributed by atoms with van der Waals surface area (Å²) in [7, 11) is 0. The summed E-state index contributed by atoms with van der Waals surface area (Å²) in [5.41, 5.74) is 2.06. The zero-order chi connectivity index (χ0) is 16.6. The molecule has 3 rings (SSSR count). The summed E-state index contributed by atoms with van der Waals surface area (Å²) in [5, 5.41) is 9.43. The molecule has 0 amide bonds. The normalized spacial score (nSPS) is 13.6. The van der Waals surface area contributed by atoms with E-state index in [4.69, 9.17) is 5.10 Å². The van der Waals surface area contributed by atoms with Crippen LogP contribution in [0.3, 0.4) is 0 Å². The van der Waals surface area contributed by atoms with Crippen LogP contribution in [0, 0.1) is 0 Å². The summed E-state index contributed by atoms with van der Waals surface area (Å²) in [6.07, 6.45) is 1.06. The van der Waals surface area contributed by atoms with E-state index in [0.717, 1.165) is 23.6 Å². The van der Waals surface area contributed by atoms with E-state index in [-0.39, 0.29) is 5.41 Å². The van der Waals surface area contributed by atoms with Crippen molar-refractivity contribution >= 4 is 17.4 Å². The maximum Gasteiger partial charge on any atom is 0.170 e. The number of nitrogens with one attached hydrogen (secondary N) is 1. The van der Waals surface area contributed by atoms with Crippen LogP contribution < -0.4 is 0 Å². The lowest BCUT2D eigenvalue weighted by molar-refractivity contribution is 0.544. The molecule has 0 spiro atoms. The average Bonchev–Trinajstić information content (AvgIpc) is 3.06. The van der Waals surface area contributed by atoms with E-state index in [2.05, 4.69) is 69.0 Å². The van der Waals surface area contributed by atoms with Gasteiger partial charge in [0.05, 0.1) is 10.6 Å². The van der Waals surface area contributed by atoms with Crippen molar-refractivity contribution in [2.75, 3.05) is 0 Å². The fourth-order valence-corrected chi connectivity index (χ4v) is 3.63. The van der Waals surface area contributed by atoms with E-state index in [1.54, 1.807) is 16.4 Å². The van der Waals surface area contributed by atoms with Crippen LogP contribution in [0.4, 0.5) is 0 Å². The highest BCUT2D eigenvalue weighted by molar-refractivity contribution is 7.99. The van der Waals surface area contributed by atoms with Crippen molar-refractivity contribution in [1.29, 1.82) is 0 Å². The Kier molecular flexibility index (Phi) is 4.23. The third-order valence-electron chi connectivity index (χ3n) is 4.03. The summed E-state index contributed by atoms with van der Waals surface area (Å²) in [5.74, 6) is 1.41. The summed E-state index contributed by atoms with van der Waals surface area (Å²) >= 11 is 1.76. The van der Waals surface area contributed by atoms with Crippen molar-refractivity contribution in [2.24, 2.45) is 0 Å². The van der Waals surface area contributed by atoms with Crippen LogP contribution in [0.1, 0.15) is 58.5 Å². The number of nitrogens with zero attached hydrogens (tertiary/aromatic N) is 3. The molecule has 4 nitrogen and oxygen atoms in total. The van der Waals surface area contributed by atoms with Gasteiger partial charge < -0.3 is 4.98 Å². The molecule has 3 aromatic rings. The fraction of sp³-hybridized carbons (Fsp3) is 0.444. The van der Waals surface area contributed by atoms with Gasteiger partial charge in [-0.2, -0.15) is 5.10 Å². The second-order valence-electron chi connectivity index (χ2n) is 7.00. The summed E-state index contributed by atoms with van der Waals surface area (Å²) < 4.78 is 1.77. The van der Waals surface area contributed by atoms with Gasteiger partial charge in [-0.3, -0.25) is 0 Å². The number of hydrogen-bond acceptors (Lipinski definition) is 3. The van der Waals surface area contributed by atoms with E-state index >= 15 is 0 Å². The zero-order valence-corrected chi connectivity index (χ0v) is 15.2. The van der Waals surface area contributed by atoms with Gasteiger partial charge >= 0.3 is 0 Å². The van der Waals surface area contributed by atoms with Gasteiger partial charge in [0.2, 0.25) is 0 Å². The van der Waals surface area contributed by atoms with E-state index < -0.39 is 0 Å². The number of aromatic nitrogens is 4. The molecule has 0 radical (unpaired) electrons. The van der Waals surface area contributed by atoms with Gasteiger partial charge in [0.25, 0.3) is 0 Å². The number of aromatic amines is 1. The van der Waals surface area contributed by atoms with Crippen LogP contribution in [0.15, 0.2) is 40.1 Å². The van der Waals surface area contributed by atoms with Gasteiger partial charge in [-0.15, -0.1) is 9.73 Å². The van der Waals surface area contributed by atoms with Crippen LogP contribution in [-0.2, 0) is 5.41 Å². The minimum absolute atomic E-state index is 0.0256. The number of rotatable bonds is 4. The first-order chi connectivity index (χ1) is 10.9. The second-order valence-corrected chi connectivity index (χ2v) is 8.08. The number of H-pyrrole nitrogens is 1. The number of hydrogen-bond donors (Lipinski definition) is 1. The molecular weight excluding hydrogens is 304 g/mol. The molecule has 122 valence electrons. The molecule has 2 heterocycles. The first-order valence-electron chi connectivity index (χ1n) is 8.12. The van der Waals surface area contributed by atoms with Crippen molar-refractivity contribution in [3.63, 3.8) is 0 Å². The zero-order valence-electron chi connectivity index (χ0n) is 14.4. The lowest BCUT2D eigenvalue weighted by atomic mass is 9.92. The maximum absolute atomic E-state index is 4.77. The van der Waals surface area contributed by atoms with Crippen LogP contribution in [0.5, 0.6) is 0 Å². The Labute approximate surface area is 141 Å². The topological polar surface area (TPSA) is 46.0 Å². The molecule has 1 unspecified atom stereocenters. The predicted molar refractivity (Wildman–Crippen MR) is 95.3 cm³/mol. The smallest absolute Gasteiger partial charge is 0.170 e. The van der Waals surface area contributed by atoms with Crippen LogP contribution >= 0.6 is 11.8 Å². The number of benzene rings is 1. The van der Waals surface area contributed by atoms with Crippen molar-refractivity contribution in [3.8, 4) is 0 Å². The molecule has 23 heavy (non-hydrogen) atoms. The summed E-state index contributed by atoms with van der Waals surface area (Å²) in [6, 6.07) is 10.4. The highest BCUT2D eigenvalue weighted by Crippen LogP contribution is 2.38. The summed E-state index contributed by atoms with van der Waals surface area (Å²) in [4.78, 5) is 5.88. The van der Waals surface area contributed by atoms with E-state index in [1.807, 2.05) is 6.07 Å². The van der Waals surface area contributed by atoms with Crippen LogP contribution in [0.25, 0.3) is 5.65 Å². The first-order valence-corrected chi connectivity index (χ1v) is 8.94. The minimum Gasteiger partial charge on any atom is -0.324 e. The van der Waals surface area contributed by atoms with Gasteiger partial charge in [0.15, 0.2) is 5.65 Å². The Balaban J connectivity index is 2.12. The average molecular weight is 328 g/mol. The van der Waals surface area contributed by atoms with Gasteiger partial charge in [-0.1, -0.05) is 64.6 Å². The SMILES string of the molecule is CCC(C)c1nn2nc(C(C)(C)C)c(Sc3ccccc3)c2[nH]1. The molecule has 0 saturated carbocycles. The molecule has 0 aliphatic heterocycles.